The Balaban J connectivity index is 2.05. The second-order valence-electron chi connectivity index (χ2n) is 4.89. The van der Waals surface area contributed by atoms with Gasteiger partial charge in [-0.15, -0.1) is 0 Å². The minimum atomic E-state index is 0.241. The number of rotatable bonds is 6. The molecule has 0 bridgehead atoms. The minimum absolute atomic E-state index is 0.241. The molecule has 0 radical (unpaired) electrons. The second-order valence-corrected chi connectivity index (χ2v) is 7.16. The molecule has 0 aliphatic heterocycles. The summed E-state index contributed by atoms with van der Waals surface area (Å²) in [6.07, 6.45) is 7.64. The number of nitrogens with one attached hydrogen (secondary N) is 2. The third-order valence-electron chi connectivity index (χ3n) is 3.53. The molecule has 18 heavy (non-hydrogen) atoms. The van der Waals surface area contributed by atoms with Gasteiger partial charge in [0.2, 0.25) is 0 Å². The van der Waals surface area contributed by atoms with Crippen LogP contribution in [0.4, 0.5) is 0 Å². The highest BCUT2D eigenvalue weighted by atomic mass is 32.2. The summed E-state index contributed by atoms with van der Waals surface area (Å²) < 4.78 is 0. The highest BCUT2D eigenvalue weighted by molar-refractivity contribution is 8.13. The van der Waals surface area contributed by atoms with E-state index >= 15 is 0 Å². The fourth-order valence-corrected chi connectivity index (χ4v) is 3.82. The lowest BCUT2D eigenvalue weighted by atomic mass is 9.80. The van der Waals surface area contributed by atoms with Gasteiger partial charge >= 0.3 is 0 Å². The Labute approximate surface area is 118 Å². The lowest BCUT2D eigenvalue weighted by molar-refractivity contribution is 0.266. The zero-order valence-electron chi connectivity index (χ0n) is 10.8. The van der Waals surface area contributed by atoms with E-state index in [1.54, 1.807) is 0 Å². The van der Waals surface area contributed by atoms with Crippen molar-refractivity contribution in [2.45, 2.75) is 38.5 Å². The van der Waals surface area contributed by atoms with Crippen LogP contribution < -0.4 is 11.5 Å². The van der Waals surface area contributed by atoms with Crippen LogP contribution in [0.1, 0.15) is 38.5 Å². The molecule has 0 heterocycles. The quantitative estimate of drug-likeness (QED) is 0.446. The molecule has 4 nitrogen and oxygen atoms in total. The lowest BCUT2D eigenvalue weighted by Gasteiger charge is -2.28. The monoisotopic (exact) mass is 288 g/mol. The van der Waals surface area contributed by atoms with Crippen LogP contribution in [0, 0.1) is 22.7 Å². The van der Waals surface area contributed by atoms with Gasteiger partial charge in [-0.2, -0.15) is 0 Å². The summed E-state index contributed by atoms with van der Waals surface area (Å²) in [6.45, 7) is 0. The molecule has 0 atom stereocenters. The van der Waals surface area contributed by atoms with Crippen molar-refractivity contribution in [3.8, 4) is 0 Å². The van der Waals surface area contributed by atoms with Crippen molar-refractivity contribution < 1.29 is 0 Å². The second kappa shape index (κ2) is 8.69. The summed E-state index contributed by atoms with van der Waals surface area (Å²) in [7, 11) is 0. The van der Waals surface area contributed by atoms with Crippen molar-refractivity contribution >= 4 is 33.9 Å². The van der Waals surface area contributed by atoms with E-state index in [2.05, 4.69) is 0 Å². The predicted molar refractivity (Wildman–Crippen MR) is 83.4 cm³/mol. The normalized spacial score (nSPS) is 23.8. The van der Waals surface area contributed by atoms with Gasteiger partial charge in [0.15, 0.2) is 10.3 Å². The fourth-order valence-electron chi connectivity index (χ4n) is 2.48. The molecule has 0 aromatic rings. The van der Waals surface area contributed by atoms with E-state index in [0.29, 0.717) is 0 Å². The SMILES string of the molecule is N=C(N)SCCC1CCC(CCSC(=N)N)CC1. The first-order valence-electron chi connectivity index (χ1n) is 6.51. The molecule has 1 rings (SSSR count). The molecule has 0 aromatic carbocycles. The van der Waals surface area contributed by atoms with E-state index in [1.165, 1.54) is 62.0 Å². The number of nitrogens with two attached hydrogens (primary N) is 2. The Morgan fingerprint density at radius 3 is 1.44 bits per heavy atom. The molecule has 1 saturated carbocycles. The Kier molecular flexibility index (Phi) is 7.58. The standard InChI is InChI=1S/C12H24N4S2/c13-11(14)17-7-5-9-1-2-10(4-3-9)6-8-18-12(15)16/h9-10H,1-8H2,(H3,13,14)(H3,15,16). The van der Waals surface area contributed by atoms with Crippen LogP contribution in [0.2, 0.25) is 0 Å². The summed E-state index contributed by atoms with van der Waals surface area (Å²) >= 11 is 2.93. The first-order chi connectivity index (χ1) is 8.58. The van der Waals surface area contributed by atoms with Crippen molar-refractivity contribution in [3.63, 3.8) is 0 Å². The van der Waals surface area contributed by atoms with Gasteiger partial charge in [-0.3, -0.25) is 10.8 Å². The van der Waals surface area contributed by atoms with Crippen molar-refractivity contribution in [3.05, 3.63) is 0 Å². The van der Waals surface area contributed by atoms with Crippen LogP contribution in [0.3, 0.4) is 0 Å². The number of thioether (sulfide) groups is 2. The number of hydrogen-bond donors (Lipinski definition) is 4. The maximum atomic E-state index is 7.17. The summed E-state index contributed by atoms with van der Waals surface area (Å²) in [6, 6.07) is 0. The molecular formula is C12H24N4S2. The topological polar surface area (TPSA) is 99.7 Å². The fraction of sp³-hybridized carbons (Fsp3) is 0.833. The molecule has 104 valence electrons. The van der Waals surface area contributed by atoms with Gasteiger partial charge in [0.05, 0.1) is 0 Å². The molecular weight excluding hydrogens is 264 g/mol. The molecule has 1 aliphatic rings. The first-order valence-corrected chi connectivity index (χ1v) is 8.48. The molecule has 0 amide bonds. The number of hydrogen-bond acceptors (Lipinski definition) is 4. The molecule has 0 aromatic heterocycles. The maximum absolute atomic E-state index is 7.17. The largest absolute Gasteiger partial charge is 0.379 e. The van der Waals surface area contributed by atoms with E-state index in [4.69, 9.17) is 22.3 Å². The Morgan fingerprint density at radius 1 is 0.833 bits per heavy atom. The van der Waals surface area contributed by atoms with Gasteiger partial charge in [0.25, 0.3) is 0 Å². The molecule has 1 aliphatic carbocycles. The van der Waals surface area contributed by atoms with Gasteiger partial charge in [-0.05, 0) is 24.7 Å². The van der Waals surface area contributed by atoms with Crippen LogP contribution in [-0.2, 0) is 0 Å². The van der Waals surface area contributed by atoms with E-state index in [9.17, 15) is 0 Å². The highest BCUT2D eigenvalue weighted by Gasteiger charge is 2.20. The molecule has 1 fully saturated rings. The Bertz CT molecular complexity index is 247. The van der Waals surface area contributed by atoms with E-state index in [0.717, 1.165) is 23.3 Å². The maximum Gasteiger partial charge on any atom is 0.151 e. The van der Waals surface area contributed by atoms with Gasteiger partial charge in [0, 0.05) is 11.5 Å². The van der Waals surface area contributed by atoms with E-state index in [-0.39, 0.29) is 10.3 Å². The molecule has 0 unspecified atom stereocenters. The lowest BCUT2D eigenvalue weighted by Crippen LogP contribution is -2.17. The van der Waals surface area contributed by atoms with Gasteiger partial charge in [0.1, 0.15) is 0 Å². The Hall–Kier alpha value is -0.360. The molecule has 0 spiro atoms. The van der Waals surface area contributed by atoms with Crippen LogP contribution in [0.5, 0.6) is 0 Å². The zero-order valence-corrected chi connectivity index (χ0v) is 12.4. The van der Waals surface area contributed by atoms with Gasteiger partial charge in [-0.25, -0.2) is 0 Å². The third-order valence-corrected chi connectivity index (χ3v) is 5.04. The number of amidine groups is 2. The van der Waals surface area contributed by atoms with Crippen LogP contribution >= 0.6 is 23.5 Å². The summed E-state index contributed by atoms with van der Waals surface area (Å²) in [4.78, 5) is 0. The van der Waals surface area contributed by atoms with E-state index in [1.807, 2.05) is 0 Å². The van der Waals surface area contributed by atoms with Crippen molar-refractivity contribution in [2.75, 3.05) is 11.5 Å². The van der Waals surface area contributed by atoms with E-state index < -0.39 is 0 Å². The molecule has 0 saturated heterocycles. The van der Waals surface area contributed by atoms with Crippen molar-refractivity contribution in [1.82, 2.24) is 0 Å². The zero-order chi connectivity index (χ0) is 13.4. The van der Waals surface area contributed by atoms with Gasteiger partial charge in [-0.1, -0.05) is 49.2 Å². The predicted octanol–water partition coefficient (Wildman–Crippen LogP) is 2.83. The van der Waals surface area contributed by atoms with Crippen molar-refractivity contribution in [2.24, 2.45) is 23.3 Å². The average molecular weight is 288 g/mol. The minimum Gasteiger partial charge on any atom is -0.379 e. The van der Waals surface area contributed by atoms with Crippen LogP contribution in [-0.4, -0.2) is 21.8 Å². The van der Waals surface area contributed by atoms with Gasteiger partial charge < -0.3 is 11.5 Å². The Morgan fingerprint density at radius 2 is 1.17 bits per heavy atom. The molecule has 6 heteroatoms. The van der Waals surface area contributed by atoms with Crippen LogP contribution in [0.25, 0.3) is 0 Å². The third kappa shape index (κ3) is 7.16. The first kappa shape index (κ1) is 15.7. The van der Waals surface area contributed by atoms with Crippen molar-refractivity contribution in [1.29, 1.82) is 10.8 Å². The van der Waals surface area contributed by atoms with Crippen LogP contribution in [0.15, 0.2) is 0 Å². The summed E-state index contributed by atoms with van der Waals surface area (Å²) in [5, 5.41) is 14.8. The average Bonchev–Trinajstić information content (AvgIpc) is 2.30. The smallest absolute Gasteiger partial charge is 0.151 e. The molecule has 6 N–H and O–H groups in total. The highest BCUT2D eigenvalue weighted by Crippen LogP contribution is 2.33. The summed E-state index contributed by atoms with van der Waals surface area (Å²) in [5.74, 6) is 3.64. The summed E-state index contributed by atoms with van der Waals surface area (Å²) in [5.41, 5.74) is 10.7.